The molecule has 0 aliphatic carbocycles. The van der Waals surface area contributed by atoms with Crippen molar-refractivity contribution in [1.82, 2.24) is 0 Å². The Labute approximate surface area is 91.3 Å². The third kappa shape index (κ3) is 3.11. The molecule has 0 aliphatic rings. The van der Waals surface area contributed by atoms with Crippen molar-refractivity contribution in [2.75, 3.05) is 0 Å². The second-order valence-electron chi connectivity index (χ2n) is 3.65. The predicted molar refractivity (Wildman–Crippen MR) is 65.7 cm³/mol. The van der Waals surface area contributed by atoms with Crippen LogP contribution in [0, 0.1) is 6.92 Å². The Morgan fingerprint density at radius 2 is 2.14 bits per heavy atom. The van der Waals surface area contributed by atoms with Crippen molar-refractivity contribution >= 4 is 17.2 Å². The quantitative estimate of drug-likeness (QED) is 0.768. The van der Waals surface area contributed by atoms with Crippen LogP contribution in [0.5, 0.6) is 0 Å². The molecular formula is C12H17NS. The fraction of sp³-hybridized carbons (Fsp3) is 0.417. The normalized spacial score (nSPS) is 10.1. The van der Waals surface area contributed by atoms with Crippen LogP contribution in [0.2, 0.25) is 0 Å². The van der Waals surface area contributed by atoms with E-state index in [-0.39, 0.29) is 0 Å². The third-order valence-corrected chi connectivity index (χ3v) is 2.45. The fourth-order valence-corrected chi connectivity index (χ4v) is 1.79. The topological polar surface area (TPSA) is 26.0 Å². The Kier molecular flexibility index (Phi) is 4.08. The third-order valence-electron chi connectivity index (χ3n) is 2.30. The zero-order valence-electron chi connectivity index (χ0n) is 8.84. The molecule has 0 aromatic heterocycles. The Balaban J connectivity index is 2.83. The first kappa shape index (κ1) is 11.2. The van der Waals surface area contributed by atoms with Gasteiger partial charge in [0.25, 0.3) is 0 Å². The molecule has 0 bridgehead atoms. The number of hydrogen-bond donors (Lipinski definition) is 1. The van der Waals surface area contributed by atoms with Crippen LogP contribution in [0.15, 0.2) is 18.2 Å². The van der Waals surface area contributed by atoms with E-state index in [1.54, 1.807) is 0 Å². The van der Waals surface area contributed by atoms with Gasteiger partial charge in [-0.05, 0) is 30.0 Å². The summed E-state index contributed by atoms with van der Waals surface area (Å²) in [5.41, 5.74) is 9.50. The number of hydrogen-bond acceptors (Lipinski definition) is 1. The highest BCUT2D eigenvalue weighted by Crippen LogP contribution is 2.13. The van der Waals surface area contributed by atoms with Gasteiger partial charge in [0.2, 0.25) is 0 Å². The fourth-order valence-electron chi connectivity index (χ4n) is 1.62. The number of benzene rings is 1. The lowest BCUT2D eigenvalue weighted by Gasteiger charge is -2.06. The number of thiocarbonyl (C=S) groups is 1. The van der Waals surface area contributed by atoms with Gasteiger partial charge in [0.1, 0.15) is 0 Å². The summed E-state index contributed by atoms with van der Waals surface area (Å²) in [6.45, 7) is 4.34. The number of rotatable bonds is 4. The van der Waals surface area contributed by atoms with Crippen LogP contribution in [-0.2, 0) is 12.8 Å². The molecule has 1 aromatic carbocycles. The van der Waals surface area contributed by atoms with E-state index in [2.05, 4.69) is 32.0 Å². The highest BCUT2D eigenvalue weighted by Gasteiger charge is 2.00. The van der Waals surface area contributed by atoms with E-state index in [1.165, 1.54) is 23.1 Å². The van der Waals surface area contributed by atoms with Crippen LogP contribution >= 0.6 is 12.2 Å². The molecule has 1 rings (SSSR count). The van der Waals surface area contributed by atoms with Crippen molar-refractivity contribution in [3.8, 4) is 0 Å². The molecule has 2 heteroatoms. The first-order chi connectivity index (χ1) is 6.63. The minimum absolute atomic E-state index is 0.563. The van der Waals surface area contributed by atoms with E-state index in [9.17, 15) is 0 Å². The van der Waals surface area contributed by atoms with Crippen LogP contribution in [0.25, 0.3) is 0 Å². The Morgan fingerprint density at radius 1 is 1.43 bits per heavy atom. The minimum Gasteiger partial charge on any atom is -0.393 e. The highest BCUT2D eigenvalue weighted by atomic mass is 32.1. The molecule has 2 N–H and O–H groups in total. The van der Waals surface area contributed by atoms with E-state index in [1.807, 2.05) is 0 Å². The maximum absolute atomic E-state index is 5.50. The molecule has 0 atom stereocenters. The molecule has 0 spiro atoms. The van der Waals surface area contributed by atoms with Crippen molar-refractivity contribution in [2.24, 2.45) is 5.73 Å². The van der Waals surface area contributed by atoms with Crippen LogP contribution in [0.1, 0.15) is 30.0 Å². The average molecular weight is 207 g/mol. The Morgan fingerprint density at radius 3 is 2.64 bits per heavy atom. The Bertz CT molecular complexity index is 331. The molecule has 0 aliphatic heterocycles. The largest absolute Gasteiger partial charge is 0.393 e. The molecule has 1 aromatic rings. The van der Waals surface area contributed by atoms with Crippen molar-refractivity contribution in [3.63, 3.8) is 0 Å². The molecule has 14 heavy (non-hydrogen) atoms. The second kappa shape index (κ2) is 5.11. The minimum atomic E-state index is 0.563. The van der Waals surface area contributed by atoms with Gasteiger partial charge in [0.05, 0.1) is 4.99 Å². The first-order valence-corrected chi connectivity index (χ1v) is 5.41. The highest BCUT2D eigenvalue weighted by molar-refractivity contribution is 7.80. The maximum Gasteiger partial charge on any atom is 0.0771 e. The molecule has 0 amide bonds. The first-order valence-electron chi connectivity index (χ1n) is 5.00. The van der Waals surface area contributed by atoms with Gasteiger partial charge in [-0.25, -0.2) is 0 Å². The molecule has 0 unspecified atom stereocenters. The Hall–Kier alpha value is -0.890. The lowest BCUT2D eigenvalue weighted by Crippen LogP contribution is -2.11. The lowest BCUT2D eigenvalue weighted by molar-refractivity contribution is 0.911. The van der Waals surface area contributed by atoms with E-state index < -0.39 is 0 Å². The van der Waals surface area contributed by atoms with Gasteiger partial charge < -0.3 is 5.73 Å². The predicted octanol–water partition coefficient (Wildman–Crippen LogP) is 2.78. The van der Waals surface area contributed by atoms with Gasteiger partial charge in [0, 0.05) is 6.42 Å². The lowest BCUT2D eigenvalue weighted by atomic mass is 10.0. The summed E-state index contributed by atoms with van der Waals surface area (Å²) in [6.07, 6.45) is 3.05. The standard InChI is InChI=1S/C12H17NS/c1-3-4-11-6-5-10(7-9(11)2)8-12(13)14/h5-7H,3-4,8H2,1-2H3,(H2,13,14). The van der Waals surface area contributed by atoms with Crippen molar-refractivity contribution in [1.29, 1.82) is 0 Å². The smallest absolute Gasteiger partial charge is 0.0771 e. The van der Waals surface area contributed by atoms with Gasteiger partial charge in [-0.15, -0.1) is 0 Å². The van der Waals surface area contributed by atoms with Crippen LogP contribution in [-0.4, -0.2) is 4.99 Å². The number of aryl methyl sites for hydroxylation is 2. The van der Waals surface area contributed by atoms with Crippen molar-refractivity contribution < 1.29 is 0 Å². The summed E-state index contributed by atoms with van der Waals surface area (Å²) in [7, 11) is 0. The molecular weight excluding hydrogens is 190 g/mol. The van der Waals surface area contributed by atoms with Gasteiger partial charge in [0.15, 0.2) is 0 Å². The summed E-state index contributed by atoms with van der Waals surface area (Å²) in [6, 6.07) is 6.49. The molecule has 1 nitrogen and oxygen atoms in total. The summed E-state index contributed by atoms with van der Waals surface area (Å²) < 4.78 is 0. The monoisotopic (exact) mass is 207 g/mol. The van der Waals surface area contributed by atoms with Crippen LogP contribution in [0.3, 0.4) is 0 Å². The van der Waals surface area contributed by atoms with Crippen molar-refractivity contribution in [2.45, 2.75) is 33.1 Å². The maximum atomic E-state index is 5.50. The van der Waals surface area contributed by atoms with Gasteiger partial charge in [-0.1, -0.05) is 43.8 Å². The van der Waals surface area contributed by atoms with Crippen molar-refractivity contribution in [3.05, 3.63) is 34.9 Å². The molecule has 76 valence electrons. The van der Waals surface area contributed by atoms with Crippen LogP contribution < -0.4 is 5.73 Å². The molecule has 0 saturated heterocycles. The molecule has 0 saturated carbocycles. The summed E-state index contributed by atoms with van der Waals surface area (Å²) >= 11 is 4.88. The average Bonchev–Trinajstić information content (AvgIpc) is 2.09. The second-order valence-corrected chi connectivity index (χ2v) is 4.18. The zero-order valence-corrected chi connectivity index (χ0v) is 9.66. The summed E-state index contributed by atoms with van der Waals surface area (Å²) in [5.74, 6) is 0. The molecule has 0 radical (unpaired) electrons. The van der Waals surface area contributed by atoms with E-state index in [0.717, 1.165) is 6.42 Å². The molecule has 0 heterocycles. The summed E-state index contributed by atoms with van der Waals surface area (Å²) in [4.78, 5) is 0.563. The molecule has 0 fully saturated rings. The van der Waals surface area contributed by atoms with Gasteiger partial charge in [-0.3, -0.25) is 0 Å². The van der Waals surface area contributed by atoms with Crippen LogP contribution in [0.4, 0.5) is 0 Å². The van der Waals surface area contributed by atoms with E-state index in [0.29, 0.717) is 11.4 Å². The van der Waals surface area contributed by atoms with E-state index >= 15 is 0 Å². The number of nitrogens with two attached hydrogens (primary N) is 1. The van der Waals surface area contributed by atoms with Gasteiger partial charge >= 0.3 is 0 Å². The van der Waals surface area contributed by atoms with Gasteiger partial charge in [-0.2, -0.15) is 0 Å². The zero-order chi connectivity index (χ0) is 10.6. The SMILES string of the molecule is CCCc1ccc(CC(N)=S)cc1C. The van der Waals surface area contributed by atoms with E-state index in [4.69, 9.17) is 18.0 Å². The summed E-state index contributed by atoms with van der Waals surface area (Å²) in [5, 5.41) is 0.